The second kappa shape index (κ2) is 12.8. The van der Waals surface area contributed by atoms with Crippen molar-refractivity contribution in [2.45, 2.75) is 45.8 Å². The predicted octanol–water partition coefficient (Wildman–Crippen LogP) is 3.95. The molecule has 2 aliphatic rings. The van der Waals surface area contributed by atoms with Gasteiger partial charge < -0.3 is 24.8 Å². The van der Waals surface area contributed by atoms with Crippen LogP contribution in [0.15, 0.2) is 66.8 Å². The summed E-state index contributed by atoms with van der Waals surface area (Å²) in [6, 6.07) is 10.8. The molecule has 0 unspecified atom stereocenters. The molecule has 248 valence electrons. The summed E-state index contributed by atoms with van der Waals surface area (Å²) in [4.78, 5) is 67.0. The number of amides is 2. The van der Waals surface area contributed by atoms with Crippen LogP contribution in [-0.2, 0) is 38.8 Å². The van der Waals surface area contributed by atoms with Crippen molar-refractivity contribution in [2.75, 3.05) is 0 Å². The van der Waals surface area contributed by atoms with Gasteiger partial charge in [-0.3, -0.25) is 29.4 Å². The maximum absolute atomic E-state index is 13.6. The van der Waals surface area contributed by atoms with Gasteiger partial charge in [0.15, 0.2) is 0 Å². The van der Waals surface area contributed by atoms with Gasteiger partial charge in [-0.25, -0.2) is 14.6 Å². The third kappa shape index (κ3) is 5.95. The standard InChI is InChI=1S/C31H28N6O10S/c1-16-24(27(35-26(16)25(17(2)38)28(35)39)30(40)46-13-18-3-7-20(8-4-18)36(42)43)23-12-34-15-33-22(29(34)48-23)11-32-31(41)47-14-19-5-9-21(10-6-19)37(44)45/h3-10,12,15-17,25-26,38H,11,13-14H2,1-2H3,(H,32,41)/t16-,17+,25+,26+/m0/s1. The second-order valence-corrected chi connectivity index (χ2v) is 12.4. The Balaban J connectivity index is 1.19. The minimum absolute atomic E-state index is 0.0195. The summed E-state index contributed by atoms with van der Waals surface area (Å²) >= 11 is 1.30. The zero-order valence-corrected chi connectivity index (χ0v) is 26.3. The van der Waals surface area contributed by atoms with E-state index >= 15 is 0 Å². The van der Waals surface area contributed by atoms with Gasteiger partial charge in [0, 0.05) is 42.0 Å². The van der Waals surface area contributed by atoms with Crippen molar-refractivity contribution in [3.05, 3.63) is 109 Å². The first-order valence-electron chi connectivity index (χ1n) is 14.7. The molecular formula is C31H28N6O10S. The van der Waals surface area contributed by atoms with E-state index in [2.05, 4.69) is 10.3 Å². The predicted molar refractivity (Wildman–Crippen MR) is 168 cm³/mol. The van der Waals surface area contributed by atoms with Crippen LogP contribution in [0.2, 0.25) is 0 Å². The number of carbonyl (C=O) groups is 3. The van der Waals surface area contributed by atoms with E-state index < -0.39 is 40.0 Å². The van der Waals surface area contributed by atoms with Crippen molar-refractivity contribution in [1.82, 2.24) is 19.6 Å². The molecule has 4 heterocycles. The Hall–Kier alpha value is -5.68. The number of nitrogens with zero attached hydrogens (tertiary/aromatic N) is 5. The van der Waals surface area contributed by atoms with Gasteiger partial charge in [0.1, 0.15) is 30.1 Å². The molecule has 0 bridgehead atoms. The number of hydrogen-bond donors (Lipinski definition) is 2. The lowest BCUT2D eigenvalue weighted by atomic mass is 9.77. The number of non-ortho nitro benzene ring substituents is 2. The van der Waals surface area contributed by atoms with Crippen LogP contribution in [0.25, 0.3) is 10.4 Å². The number of aromatic nitrogens is 2. The van der Waals surface area contributed by atoms with Crippen molar-refractivity contribution >= 4 is 51.1 Å². The number of esters is 1. The lowest BCUT2D eigenvalue weighted by Crippen LogP contribution is -2.63. The first kappa shape index (κ1) is 32.3. The molecule has 0 radical (unpaired) electrons. The molecule has 16 nitrogen and oxygen atoms in total. The normalized spacial score (nSPS) is 19.1. The Morgan fingerprint density at radius 2 is 1.60 bits per heavy atom. The van der Waals surface area contributed by atoms with Crippen LogP contribution >= 0.6 is 11.3 Å². The third-order valence-electron chi connectivity index (χ3n) is 8.35. The molecule has 2 aliphatic heterocycles. The summed E-state index contributed by atoms with van der Waals surface area (Å²) in [5.41, 5.74) is 2.09. The molecule has 0 aliphatic carbocycles. The number of benzene rings is 2. The Morgan fingerprint density at radius 1 is 1.02 bits per heavy atom. The number of β-lactam (4-membered cyclic amide) rings is 1. The summed E-state index contributed by atoms with van der Waals surface area (Å²) in [6.07, 6.45) is 1.68. The Morgan fingerprint density at radius 3 is 2.17 bits per heavy atom. The average Bonchev–Trinajstić information content (AvgIpc) is 3.71. The van der Waals surface area contributed by atoms with Crippen LogP contribution in [0.4, 0.5) is 16.2 Å². The molecule has 2 aromatic carbocycles. The van der Waals surface area contributed by atoms with Crippen molar-refractivity contribution in [3.63, 3.8) is 0 Å². The third-order valence-corrected chi connectivity index (χ3v) is 9.53. The number of aliphatic hydroxyl groups is 1. The van der Waals surface area contributed by atoms with Crippen molar-refractivity contribution in [1.29, 1.82) is 0 Å². The highest BCUT2D eigenvalue weighted by Crippen LogP contribution is 2.51. The van der Waals surface area contributed by atoms with E-state index in [1.165, 1.54) is 71.7 Å². The van der Waals surface area contributed by atoms with Crippen LogP contribution in [0.1, 0.15) is 35.5 Å². The maximum Gasteiger partial charge on any atom is 0.407 e. The van der Waals surface area contributed by atoms with Gasteiger partial charge in [0.2, 0.25) is 5.91 Å². The van der Waals surface area contributed by atoms with Gasteiger partial charge in [0.05, 0.1) is 45.0 Å². The van der Waals surface area contributed by atoms with Gasteiger partial charge in [-0.05, 0) is 42.3 Å². The molecule has 6 rings (SSSR count). The number of hydrogen-bond acceptors (Lipinski definition) is 12. The van der Waals surface area contributed by atoms with Gasteiger partial charge in [-0.1, -0.05) is 6.92 Å². The number of fused-ring (bicyclic) bond motifs is 2. The van der Waals surface area contributed by atoms with Crippen LogP contribution in [0.3, 0.4) is 0 Å². The molecule has 48 heavy (non-hydrogen) atoms. The highest BCUT2D eigenvalue weighted by atomic mass is 32.1. The van der Waals surface area contributed by atoms with Gasteiger partial charge >= 0.3 is 12.1 Å². The van der Waals surface area contributed by atoms with Crippen molar-refractivity contribution < 1.29 is 38.8 Å². The number of aliphatic hydroxyl groups excluding tert-OH is 1. The number of imidazole rings is 1. The topological polar surface area (TPSA) is 209 Å². The van der Waals surface area contributed by atoms with E-state index in [4.69, 9.17) is 9.47 Å². The lowest BCUT2D eigenvalue weighted by Gasteiger charge is -2.46. The molecule has 2 aromatic heterocycles. The number of nitrogens with one attached hydrogen (secondary N) is 1. The number of ether oxygens (including phenoxy) is 2. The molecule has 2 N–H and O–H groups in total. The van der Waals surface area contributed by atoms with Crippen LogP contribution < -0.4 is 5.32 Å². The van der Waals surface area contributed by atoms with Crippen molar-refractivity contribution in [2.24, 2.45) is 11.8 Å². The number of nitro benzene ring substituents is 2. The number of thiazole rings is 1. The molecule has 4 atom stereocenters. The van der Waals surface area contributed by atoms with Crippen LogP contribution in [0, 0.1) is 32.1 Å². The maximum atomic E-state index is 13.6. The van der Waals surface area contributed by atoms with E-state index in [1.54, 1.807) is 16.9 Å². The smallest absolute Gasteiger partial charge is 0.407 e. The van der Waals surface area contributed by atoms with Gasteiger partial charge in [0.25, 0.3) is 11.4 Å². The minimum Gasteiger partial charge on any atom is -0.456 e. The summed E-state index contributed by atoms with van der Waals surface area (Å²) in [5.74, 6) is -2.17. The average molecular weight is 677 g/mol. The van der Waals surface area contributed by atoms with E-state index in [0.717, 1.165) is 0 Å². The fourth-order valence-electron chi connectivity index (χ4n) is 5.98. The molecular weight excluding hydrogens is 648 g/mol. The van der Waals surface area contributed by atoms with Crippen LogP contribution in [0.5, 0.6) is 0 Å². The molecule has 17 heteroatoms. The molecule has 0 spiro atoms. The van der Waals surface area contributed by atoms with Crippen molar-refractivity contribution in [3.8, 4) is 0 Å². The summed E-state index contributed by atoms with van der Waals surface area (Å²) in [6.45, 7) is 3.16. The Labute approximate surface area is 275 Å². The second-order valence-electron chi connectivity index (χ2n) is 11.4. The summed E-state index contributed by atoms with van der Waals surface area (Å²) < 4.78 is 12.6. The number of carbonyl (C=O) groups excluding carboxylic acids is 3. The largest absolute Gasteiger partial charge is 0.456 e. The Kier molecular flexibility index (Phi) is 8.63. The summed E-state index contributed by atoms with van der Waals surface area (Å²) in [5, 5.41) is 34.8. The van der Waals surface area contributed by atoms with E-state index in [9.17, 15) is 39.7 Å². The van der Waals surface area contributed by atoms with Gasteiger partial charge in [-0.2, -0.15) is 0 Å². The zero-order chi connectivity index (χ0) is 34.3. The highest BCUT2D eigenvalue weighted by Gasteiger charge is 2.60. The Bertz CT molecular complexity index is 1970. The molecule has 0 saturated carbocycles. The van der Waals surface area contributed by atoms with Gasteiger partial charge in [-0.15, -0.1) is 11.3 Å². The van der Waals surface area contributed by atoms with E-state index in [1.807, 2.05) is 6.92 Å². The fraction of sp³-hybridized carbons (Fsp3) is 0.290. The SMILES string of the molecule is C[C@@H](O)[C@H]1C(=O)N2C(C(=O)OCc3ccc([N+](=O)[O-])cc3)=C(c3cn4cnc(CNC(=O)OCc5ccc([N+](=O)[O-])cc5)c4s3)[C@H](C)[C@H]12. The van der Waals surface area contributed by atoms with Crippen LogP contribution in [-0.4, -0.2) is 59.4 Å². The quantitative estimate of drug-likeness (QED) is 0.101. The molecule has 1 fully saturated rings. The zero-order valence-electron chi connectivity index (χ0n) is 25.5. The number of nitro groups is 2. The van der Waals surface area contributed by atoms with E-state index in [0.29, 0.717) is 32.1 Å². The lowest BCUT2D eigenvalue weighted by molar-refractivity contribution is -0.385. The number of alkyl carbamates (subject to hydrolysis) is 1. The first-order valence-corrected chi connectivity index (χ1v) is 15.5. The first-order chi connectivity index (χ1) is 22.9. The van der Waals surface area contributed by atoms with E-state index in [-0.39, 0.29) is 48.7 Å². The molecule has 4 aromatic rings. The summed E-state index contributed by atoms with van der Waals surface area (Å²) in [7, 11) is 0. The monoisotopic (exact) mass is 676 g/mol. The fourth-order valence-corrected chi connectivity index (χ4v) is 7.19. The minimum atomic E-state index is -0.932. The highest BCUT2D eigenvalue weighted by molar-refractivity contribution is 7.18. The molecule has 1 saturated heterocycles. The number of rotatable bonds is 11. The molecule has 2 amide bonds.